The number of rotatable bonds is 17. The van der Waals surface area contributed by atoms with E-state index in [9.17, 15) is 8.42 Å². The van der Waals surface area contributed by atoms with Gasteiger partial charge in [0.05, 0.1) is 4.90 Å². The van der Waals surface area contributed by atoms with E-state index in [4.69, 9.17) is 28.4 Å². The molecule has 0 fully saturated rings. The minimum Gasteiger partial charge on any atom is -0.366 e. The summed E-state index contributed by atoms with van der Waals surface area (Å²) in [4.78, 5) is 0.220. The summed E-state index contributed by atoms with van der Waals surface area (Å²) in [5, 5.41) is 19.6. The molecule has 3 aromatic heterocycles. The lowest BCUT2D eigenvalue weighted by Crippen LogP contribution is -2.27. The maximum Gasteiger partial charge on any atom is 0.215 e. The lowest BCUT2D eigenvalue weighted by molar-refractivity contribution is 0.0344. The van der Waals surface area contributed by atoms with Crippen LogP contribution in [0.3, 0.4) is 0 Å². The molecule has 0 aliphatic rings. The third kappa shape index (κ3) is 18.0. The Kier molecular flexibility index (Phi) is 28.7. The van der Waals surface area contributed by atoms with E-state index in [1.807, 2.05) is 103 Å². The maximum absolute atomic E-state index is 16.7. The summed E-state index contributed by atoms with van der Waals surface area (Å²) in [6.07, 6.45) is 5.96. The van der Waals surface area contributed by atoms with Crippen molar-refractivity contribution in [3.05, 3.63) is 235 Å². The zero-order valence-electron chi connectivity index (χ0n) is 80.6. The van der Waals surface area contributed by atoms with Crippen LogP contribution in [-0.4, -0.2) is 84.7 Å². The van der Waals surface area contributed by atoms with E-state index in [0.29, 0.717) is 86.0 Å². The van der Waals surface area contributed by atoms with Crippen LogP contribution in [0.4, 0.5) is 17.6 Å². The van der Waals surface area contributed by atoms with Crippen molar-refractivity contribution in [3.8, 4) is 71.0 Å². The first-order valence-corrected chi connectivity index (χ1v) is 49.6. The van der Waals surface area contributed by atoms with Gasteiger partial charge in [0.15, 0.2) is 0 Å². The van der Waals surface area contributed by atoms with Gasteiger partial charge in [-0.3, -0.25) is 0 Å². The summed E-state index contributed by atoms with van der Waals surface area (Å²) in [7, 11) is 6.16. The fourth-order valence-corrected chi connectivity index (χ4v) is 22.7. The average Bonchev–Trinajstić information content (AvgIpc) is 1.64. The number of thiophene rings is 3. The monoisotopic (exact) mass is 1850 g/mol. The van der Waals surface area contributed by atoms with Gasteiger partial charge < -0.3 is 28.4 Å². The normalized spacial score (nSPS) is 12.2. The number of methoxy groups -OCH3 is 6. The Labute approximate surface area is 792 Å². The largest absolute Gasteiger partial charge is 0.366 e. The molecular weight excluding hydrogens is 1740 g/mol. The van der Waals surface area contributed by atoms with Gasteiger partial charge in [-0.05, 0) is 268 Å². The smallest absolute Gasteiger partial charge is 0.215 e. The quantitative estimate of drug-likeness (QED) is 0.0506. The molecule has 0 amide bonds. The molecule has 0 aliphatic carbocycles. The van der Waals surface area contributed by atoms with E-state index in [0.717, 1.165) is 90.8 Å². The van der Waals surface area contributed by atoms with Crippen LogP contribution in [0.5, 0.6) is 0 Å². The summed E-state index contributed by atoms with van der Waals surface area (Å²) in [5.74, 6) is 39.2. The molecule has 682 valence electrons. The molecule has 0 saturated carbocycles. The summed E-state index contributed by atoms with van der Waals surface area (Å²) in [6.45, 7) is 36.2. The summed E-state index contributed by atoms with van der Waals surface area (Å²) < 4.78 is 131. The molecule has 16 heteroatoms. The van der Waals surface area contributed by atoms with Gasteiger partial charge in [0.1, 0.15) is 61.1 Å². The minimum absolute atomic E-state index is 0.147. The third-order valence-electron chi connectivity index (χ3n) is 27.5. The SMILES string of the molecule is CCC(C#Cc1c2cc3ccsc3cc2c(C#CC(CC)(CC)OC)c2c(C)c3ccccc3c(C)c12)(CC)OC.CCC(C#Cc1c2cc3ccsc3cc2c(C#CC(CC)(CC)OC)c2c(F)c3ccccc3c(F)c12)(CC)OC.COC(C)(C)C#Cc1c2cc3cc(S(=O)(=O)c4ccc(C(C)C)cc4)sc3cc2c(C#CC(C)(C)OC)c2c(C)c3c(F)ccc(F)c3c(C)c12. The van der Waals surface area contributed by atoms with Gasteiger partial charge in [0, 0.05) is 166 Å². The standard InChI is InChI=1S/C43H40F2O4S2.C38H40O2S.C36H34F2O2S/c1-24(2)27-11-13-29(14-12-27)51(46,47)37-22-28-21-32-30(17-19-42(5,6)48-9)38-25(3)40-34(44)15-16-35(45)41(40)26(4)39(38)31(18-20-43(7,8)49-10)33(32)23-36(28)50-37;1-9-37(10-2,39-7)20-17-30-32-23-27-19-22-41-34(27)24-33(32)31(18-21-38(11-3,12-4)40-8)36-26(6)29-16-14-13-15-28(29)25(5)35(30)36;1-7-35(8-2,39-5)18-15-24-28-21-23-17-20-41-30(23)22-29(28)25(16-19-36(9-3,10-4)40-6)32-31(24)33(37)26-13-11-12-14-27(26)34(32)38/h11-16,21-24H,1-10H3;13-16,19,22-24H,9-12H2,1-8H3;11-14,17,20-22H,7-10H2,1-6H3. The molecule has 0 unspecified atom stereocenters. The Balaban J connectivity index is 0.000000162. The van der Waals surface area contributed by atoms with Crippen LogP contribution in [0, 0.1) is 122 Å². The van der Waals surface area contributed by atoms with Crippen LogP contribution >= 0.6 is 34.0 Å². The Morgan fingerprint density at radius 1 is 0.331 bits per heavy atom. The average molecular weight is 1850 g/mol. The lowest BCUT2D eigenvalue weighted by atomic mass is 9.83. The Bertz CT molecular complexity index is 7180. The summed E-state index contributed by atoms with van der Waals surface area (Å²) in [5.41, 5.74) is 4.78. The molecule has 133 heavy (non-hydrogen) atoms. The Morgan fingerprint density at radius 2 is 0.632 bits per heavy atom. The second-order valence-electron chi connectivity index (χ2n) is 35.5. The molecule has 0 N–H and O–H groups in total. The van der Waals surface area contributed by atoms with Crippen molar-refractivity contribution in [3.63, 3.8) is 0 Å². The first-order chi connectivity index (χ1) is 63.5. The van der Waals surface area contributed by atoms with Crippen LogP contribution in [0.1, 0.15) is 215 Å². The molecule has 0 spiro atoms. The fraction of sp³-hybridized carbons (Fsp3) is 0.333. The zero-order chi connectivity index (χ0) is 95.9. The second kappa shape index (κ2) is 39.1. The van der Waals surface area contributed by atoms with E-state index >= 15 is 17.6 Å². The van der Waals surface area contributed by atoms with Crippen molar-refractivity contribution in [2.45, 2.75) is 225 Å². The van der Waals surface area contributed by atoms with Crippen LogP contribution in [0.25, 0.3) is 127 Å². The van der Waals surface area contributed by atoms with Gasteiger partial charge in [-0.15, -0.1) is 34.0 Å². The number of benzene rings is 13. The maximum atomic E-state index is 16.7. The number of halogens is 4. The van der Waals surface area contributed by atoms with E-state index in [2.05, 4.69) is 174 Å². The Hall–Kier alpha value is -11.1. The highest BCUT2D eigenvalue weighted by Crippen LogP contribution is 2.49. The highest BCUT2D eigenvalue weighted by atomic mass is 32.2. The highest BCUT2D eigenvalue weighted by molar-refractivity contribution is 7.93. The summed E-state index contributed by atoms with van der Waals surface area (Å²) >= 11 is 4.55. The number of sulfone groups is 1. The molecule has 16 rings (SSSR count). The first kappa shape index (κ1) is 97.9. The molecule has 8 nitrogen and oxygen atoms in total. The van der Waals surface area contributed by atoms with Crippen molar-refractivity contribution in [1.29, 1.82) is 0 Å². The molecule has 3 heterocycles. The van der Waals surface area contributed by atoms with Crippen molar-refractivity contribution in [1.82, 2.24) is 0 Å². The van der Waals surface area contributed by atoms with Crippen LogP contribution in [-0.2, 0) is 38.3 Å². The van der Waals surface area contributed by atoms with Gasteiger partial charge >= 0.3 is 0 Å². The second-order valence-corrected chi connectivity index (χ2v) is 40.6. The van der Waals surface area contributed by atoms with Crippen molar-refractivity contribution < 1.29 is 54.4 Å². The molecule has 16 aromatic rings. The van der Waals surface area contributed by atoms with E-state index in [1.165, 1.54) is 54.1 Å². The molecule has 0 radical (unpaired) electrons. The number of hydrogen-bond donors (Lipinski definition) is 0. The lowest BCUT2D eigenvalue weighted by Gasteiger charge is -2.24. The molecular formula is C117H114F4O8S4. The van der Waals surface area contributed by atoms with Crippen LogP contribution < -0.4 is 0 Å². The highest BCUT2D eigenvalue weighted by Gasteiger charge is 2.33. The van der Waals surface area contributed by atoms with E-state index in [-0.39, 0.29) is 47.3 Å². The van der Waals surface area contributed by atoms with Gasteiger partial charge in [-0.2, -0.15) is 0 Å². The predicted octanol–water partition coefficient (Wildman–Crippen LogP) is 30.6. The van der Waals surface area contributed by atoms with E-state index in [1.54, 1.807) is 122 Å². The number of fused-ring (bicyclic) bond motifs is 12. The fourth-order valence-electron chi connectivity index (χ4n) is 18.3. The predicted molar refractivity (Wildman–Crippen MR) is 553 cm³/mol. The number of aryl methyl sites for hydroxylation is 4. The molecule has 13 aromatic carbocycles. The van der Waals surface area contributed by atoms with Crippen LogP contribution in [0.15, 0.2) is 159 Å². The number of ether oxygens (including phenoxy) is 6. The van der Waals surface area contributed by atoms with Crippen molar-refractivity contribution in [2.75, 3.05) is 42.7 Å². The molecule has 0 saturated heterocycles. The van der Waals surface area contributed by atoms with Crippen molar-refractivity contribution in [2.24, 2.45) is 0 Å². The van der Waals surface area contributed by atoms with Crippen LogP contribution in [0.2, 0.25) is 0 Å². The number of hydrogen-bond acceptors (Lipinski definition) is 11. The van der Waals surface area contributed by atoms with Gasteiger partial charge in [-0.1, -0.05) is 201 Å². The van der Waals surface area contributed by atoms with Gasteiger partial charge in [-0.25, -0.2) is 26.0 Å². The third-order valence-corrected chi connectivity index (χ3v) is 32.6. The van der Waals surface area contributed by atoms with Gasteiger partial charge in [0.2, 0.25) is 9.84 Å². The zero-order valence-corrected chi connectivity index (χ0v) is 83.8. The van der Waals surface area contributed by atoms with E-state index < -0.39 is 66.7 Å². The molecule has 0 atom stereocenters. The summed E-state index contributed by atoms with van der Waals surface area (Å²) in [6, 6.07) is 43.2. The van der Waals surface area contributed by atoms with Gasteiger partial charge in [0.25, 0.3) is 0 Å². The van der Waals surface area contributed by atoms with Crippen molar-refractivity contribution >= 4 is 171 Å². The molecule has 0 aliphatic heterocycles. The minimum atomic E-state index is -3.83. The first-order valence-electron chi connectivity index (χ1n) is 45.6. The topological polar surface area (TPSA) is 89.5 Å². The Morgan fingerprint density at radius 3 is 0.955 bits per heavy atom. The molecule has 0 bridgehead atoms.